The molecule has 2 heterocycles. The number of nitrogens with zero attached hydrogens (tertiary/aromatic N) is 5. The van der Waals surface area contributed by atoms with E-state index >= 15 is 0 Å². The minimum Gasteiger partial charge on any atom is -0.383 e. The molecule has 3 rings (SSSR count). The quantitative estimate of drug-likeness (QED) is 0.647. The summed E-state index contributed by atoms with van der Waals surface area (Å²) in [4.78, 5) is 11.2. The van der Waals surface area contributed by atoms with Crippen LogP contribution in [0.1, 0.15) is 18.2 Å². The Morgan fingerprint density at radius 1 is 1.22 bits per heavy atom. The first-order valence-electron chi connectivity index (χ1n) is 7.96. The maximum atomic E-state index is 14.5. The molecule has 0 saturated carbocycles. The molecule has 2 atom stereocenters. The highest BCUT2D eigenvalue weighted by atomic mass is 35.5. The van der Waals surface area contributed by atoms with E-state index in [9.17, 15) is 18.3 Å². The third kappa shape index (κ3) is 3.93. The van der Waals surface area contributed by atoms with E-state index in [2.05, 4.69) is 20.1 Å². The van der Waals surface area contributed by atoms with Gasteiger partial charge in [0.1, 0.15) is 36.2 Å². The number of benzene rings is 1. The van der Waals surface area contributed by atoms with Gasteiger partial charge in [0, 0.05) is 11.6 Å². The summed E-state index contributed by atoms with van der Waals surface area (Å²) in [6.45, 7) is 1.41. The summed E-state index contributed by atoms with van der Waals surface area (Å²) in [5.41, 5.74) is -2.02. The summed E-state index contributed by atoms with van der Waals surface area (Å²) in [6, 6.07) is 2.87. The Hall–Kier alpha value is -2.52. The Bertz CT molecular complexity index is 940. The number of hydrogen-bond acceptors (Lipinski definition) is 5. The van der Waals surface area contributed by atoms with Gasteiger partial charge in [0.2, 0.25) is 0 Å². The molecule has 0 saturated heterocycles. The molecule has 0 radical (unpaired) electrons. The van der Waals surface area contributed by atoms with E-state index in [0.29, 0.717) is 6.07 Å². The second kappa shape index (κ2) is 7.61. The molecule has 0 aliphatic carbocycles. The fourth-order valence-electron chi connectivity index (χ4n) is 2.89. The number of halogens is 4. The molecule has 0 fully saturated rings. The predicted molar refractivity (Wildman–Crippen MR) is 90.1 cm³/mol. The minimum absolute atomic E-state index is 0.0259. The molecular formula is C17H15ClF3N5O. The molecule has 6 nitrogen and oxygen atoms in total. The first-order chi connectivity index (χ1) is 12.8. The molecule has 1 N–H and O–H groups in total. The third-order valence-electron chi connectivity index (χ3n) is 4.40. The first kappa shape index (κ1) is 19.2. The van der Waals surface area contributed by atoms with Crippen LogP contribution in [0.15, 0.2) is 37.2 Å². The fraction of sp³-hybridized carbons (Fsp3) is 0.294. The molecule has 2 aromatic heterocycles. The van der Waals surface area contributed by atoms with Crippen molar-refractivity contribution in [2.45, 2.75) is 25.5 Å². The van der Waals surface area contributed by atoms with Gasteiger partial charge in [-0.2, -0.15) is 5.10 Å². The molecule has 27 heavy (non-hydrogen) atoms. The molecule has 0 aliphatic rings. The summed E-state index contributed by atoms with van der Waals surface area (Å²) in [7, 11) is 0. The minimum atomic E-state index is -1.85. The normalized spacial score (nSPS) is 14.7. The van der Waals surface area contributed by atoms with Crippen molar-refractivity contribution in [1.29, 1.82) is 0 Å². The lowest BCUT2D eigenvalue weighted by molar-refractivity contribution is -0.0395. The van der Waals surface area contributed by atoms with Gasteiger partial charge < -0.3 is 5.11 Å². The molecule has 0 bridgehead atoms. The monoisotopic (exact) mass is 397 g/mol. The van der Waals surface area contributed by atoms with Gasteiger partial charge in [0.25, 0.3) is 0 Å². The molecule has 0 spiro atoms. The van der Waals surface area contributed by atoms with Crippen LogP contribution in [0.5, 0.6) is 0 Å². The van der Waals surface area contributed by atoms with E-state index < -0.39 is 29.0 Å². The highest BCUT2D eigenvalue weighted by Crippen LogP contribution is 2.36. The molecule has 142 valence electrons. The molecule has 0 aliphatic heterocycles. The van der Waals surface area contributed by atoms with Crippen LogP contribution < -0.4 is 0 Å². The lowest BCUT2D eigenvalue weighted by atomic mass is 9.79. The molecule has 3 aromatic rings. The summed E-state index contributed by atoms with van der Waals surface area (Å²) >= 11 is 5.67. The first-order valence-corrected chi connectivity index (χ1v) is 8.34. The van der Waals surface area contributed by atoms with Crippen molar-refractivity contribution in [3.63, 3.8) is 0 Å². The number of hydrogen-bond donors (Lipinski definition) is 1. The van der Waals surface area contributed by atoms with Crippen LogP contribution in [0.25, 0.3) is 0 Å². The average Bonchev–Trinajstić information content (AvgIpc) is 3.11. The molecule has 0 amide bonds. The third-order valence-corrected chi connectivity index (χ3v) is 4.66. The molecule has 10 heteroatoms. The van der Waals surface area contributed by atoms with Gasteiger partial charge in [-0.15, -0.1) is 0 Å². The zero-order chi connectivity index (χ0) is 19.6. The Morgan fingerprint density at radius 3 is 2.67 bits per heavy atom. The highest BCUT2D eigenvalue weighted by molar-refractivity contribution is 6.29. The van der Waals surface area contributed by atoms with E-state index in [1.54, 1.807) is 6.92 Å². The van der Waals surface area contributed by atoms with Crippen molar-refractivity contribution < 1.29 is 18.3 Å². The van der Waals surface area contributed by atoms with E-state index in [4.69, 9.17) is 11.6 Å². The summed E-state index contributed by atoms with van der Waals surface area (Å²) in [5.74, 6) is -3.26. The van der Waals surface area contributed by atoms with Gasteiger partial charge in [-0.05, 0) is 18.4 Å². The van der Waals surface area contributed by atoms with Gasteiger partial charge in [-0.25, -0.2) is 32.8 Å². The summed E-state index contributed by atoms with van der Waals surface area (Å²) in [6.07, 6.45) is 3.63. The maximum Gasteiger partial charge on any atom is 0.181 e. The van der Waals surface area contributed by atoms with Crippen molar-refractivity contribution in [2.75, 3.05) is 0 Å². The average molecular weight is 398 g/mol. The number of aromatic nitrogens is 5. The van der Waals surface area contributed by atoms with Crippen molar-refractivity contribution in [2.24, 2.45) is 5.92 Å². The van der Waals surface area contributed by atoms with Gasteiger partial charge in [-0.1, -0.05) is 24.6 Å². The van der Waals surface area contributed by atoms with E-state index in [1.807, 2.05) is 0 Å². The predicted octanol–water partition coefficient (Wildman–Crippen LogP) is 2.91. The topological polar surface area (TPSA) is 76.7 Å². The smallest absolute Gasteiger partial charge is 0.181 e. The van der Waals surface area contributed by atoms with Gasteiger partial charge in [0.05, 0.1) is 12.2 Å². The van der Waals surface area contributed by atoms with Gasteiger partial charge in [-0.3, -0.25) is 0 Å². The Labute approximate surface area is 157 Å². The molecule has 0 unspecified atom stereocenters. The standard InChI is InChI=1S/C17H15ClF3N5O/c1-10(4-14-15(21)16(18)24-8-23-14)17(27,6-26-9-22-7-25-26)12-3-2-11(19)5-13(12)20/h2-3,5,7-10,27H,4,6H2,1H3/t10-,17-/m0/s1. The van der Waals surface area contributed by atoms with Gasteiger partial charge in [0.15, 0.2) is 11.0 Å². The molecular weight excluding hydrogens is 383 g/mol. The van der Waals surface area contributed by atoms with Crippen LogP contribution in [-0.2, 0) is 18.6 Å². The van der Waals surface area contributed by atoms with Crippen LogP contribution >= 0.6 is 11.6 Å². The number of rotatable bonds is 6. The van der Waals surface area contributed by atoms with Crippen molar-refractivity contribution >= 4 is 11.6 Å². The van der Waals surface area contributed by atoms with Crippen LogP contribution in [-0.4, -0.2) is 29.8 Å². The van der Waals surface area contributed by atoms with Crippen molar-refractivity contribution in [3.8, 4) is 0 Å². The van der Waals surface area contributed by atoms with Crippen LogP contribution in [0.4, 0.5) is 13.2 Å². The van der Waals surface area contributed by atoms with Gasteiger partial charge >= 0.3 is 0 Å². The van der Waals surface area contributed by atoms with Crippen molar-refractivity contribution in [3.05, 3.63) is 71.0 Å². The molecule has 1 aromatic carbocycles. The summed E-state index contributed by atoms with van der Waals surface area (Å²) in [5, 5.41) is 14.9. The van der Waals surface area contributed by atoms with Crippen LogP contribution in [0, 0.1) is 23.4 Å². The second-order valence-electron chi connectivity index (χ2n) is 6.17. The maximum absolute atomic E-state index is 14.5. The zero-order valence-electron chi connectivity index (χ0n) is 14.2. The van der Waals surface area contributed by atoms with E-state index in [1.165, 1.54) is 17.3 Å². The van der Waals surface area contributed by atoms with E-state index in [-0.39, 0.29) is 29.4 Å². The van der Waals surface area contributed by atoms with Crippen LogP contribution in [0.3, 0.4) is 0 Å². The van der Waals surface area contributed by atoms with Crippen molar-refractivity contribution in [1.82, 2.24) is 24.7 Å². The fourth-order valence-corrected chi connectivity index (χ4v) is 3.04. The Kier molecular flexibility index (Phi) is 5.43. The largest absolute Gasteiger partial charge is 0.383 e. The number of aliphatic hydroxyl groups is 1. The SMILES string of the molecule is C[C@@H](Cc1ncnc(Cl)c1F)[C@@](O)(Cn1cncn1)c1ccc(F)cc1F. The summed E-state index contributed by atoms with van der Waals surface area (Å²) < 4.78 is 43.3. The Morgan fingerprint density at radius 2 is 2.00 bits per heavy atom. The highest BCUT2D eigenvalue weighted by Gasteiger charge is 2.39. The lowest BCUT2D eigenvalue weighted by Gasteiger charge is -2.34. The zero-order valence-corrected chi connectivity index (χ0v) is 14.9. The van der Waals surface area contributed by atoms with Crippen LogP contribution in [0.2, 0.25) is 5.15 Å². The second-order valence-corrected chi connectivity index (χ2v) is 6.53. The Balaban J connectivity index is 2.01. The van der Waals surface area contributed by atoms with E-state index in [0.717, 1.165) is 18.5 Å². The lowest BCUT2D eigenvalue weighted by Crippen LogP contribution is -2.40.